The van der Waals surface area contributed by atoms with E-state index in [0.29, 0.717) is 5.66 Å². The molecule has 0 saturated carbocycles. The fourth-order valence-corrected chi connectivity index (χ4v) is 3.44. The summed E-state index contributed by atoms with van der Waals surface area (Å²) in [6.45, 7) is 6.87. The quantitative estimate of drug-likeness (QED) is 0.658. The Hall–Kier alpha value is -0.120. The van der Waals surface area contributed by atoms with Crippen molar-refractivity contribution in [2.45, 2.75) is 63.9 Å². The number of nitrogens with zero attached hydrogens (tertiary/aromatic N) is 2. The summed E-state index contributed by atoms with van der Waals surface area (Å²) in [7, 11) is 0. The van der Waals surface area contributed by atoms with Gasteiger partial charge < -0.3 is 0 Å². The second-order valence-corrected chi connectivity index (χ2v) is 4.50. The number of rotatable bonds is 3. The zero-order valence-corrected chi connectivity index (χ0v) is 8.75. The van der Waals surface area contributed by atoms with Crippen LogP contribution < -0.4 is 5.32 Å². The molecule has 1 N–H and O–H groups in total. The van der Waals surface area contributed by atoms with E-state index >= 15 is 0 Å². The average molecular weight is 181 g/mol. The van der Waals surface area contributed by atoms with Gasteiger partial charge in [-0.05, 0) is 19.3 Å². The molecule has 0 amide bonds. The highest BCUT2D eigenvalue weighted by Crippen LogP contribution is 2.60. The van der Waals surface area contributed by atoms with Gasteiger partial charge in [0.15, 0.2) is 0 Å². The summed E-state index contributed by atoms with van der Waals surface area (Å²) in [6, 6.07) is 1.58. The van der Waals surface area contributed by atoms with Crippen molar-refractivity contribution in [3.05, 3.63) is 0 Å². The van der Waals surface area contributed by atoms with Crippen molar-refractivity contribution in [1.29, 1.82) is 0 Å². The van der Waals surface area contributed by atoms with E-state index in [2.05, 4.69) is 36.1 Å². The highest BCUT2D eigenvalue weighted by atomic mass is 16.0. The Morgan fingerprint density at radius 2 is 2.00 bits per heavy atom. The summed E-state index contributed by atoms with van der Waals surface area (Å²) in [4.78, 5) is 0. The molecule has 0 aromatic heterocycles. The molecule has 74 valence electrons. The number of hydrazine groups is 1. The largest absolute Gasteiger partial charge is 0.292 e. The van der Waals surface area contributed by atoms with Gasteiger partial charge in [-0.2, -0.15) is 5.01 Å². The summed E-state index contributed by atoms with van der Waals surface area (Å²) in [5.74, 6) is 0. The zero-order chi connectivity index (χ0) is 9.22. The van der Waals surface area contributed by atoms with Gasteiger partial charge in [0.2, 0.25) is 0 Å². The molecule has 3 fully saturated rings. The summed E-state index contributed by atoms with van der Waals surface area (Å²) in [5, 5.41) is 8.86. The Balaban J connectivity index is 1.78. The van der Waals surface area contributed by atoms with Crippen molar-refractivity contribution in [3.63, 3.8) is 0 Å². The summed E-state index contributed by atoms with van der Waals surface area (Å²) < 4.78 is 0. The first-order valence-electron chi connectivity index (χ1n) is 5.65. The Labute approximate surface area is 80.0 Å². The topological polar surface area (TPSA) is 18.0 Å². The molecule has 13 heavy (non-hydrogen) atoms. The highest BCUT2D eigenvalue weighted by Gasteiger charge is 2.79. The number of nitrogens with one attached hydrogen (secondary N) is 1. The minimum Gasteiger partial charge on any atom is -0.292 e. The van der Waals surface area contributed by atoms with E-state index in [1.165, 1.54) is 19.3 Å². The molecule has 0 aromatic carbocycles. The van der Waals surface area contributed by atoms with Crippen LogP contribution in [0.3, 0.4) is 0 Å². The third kappa shape index (κ3) is 0.661. The first-order chi connectivity index (χ1) is 6.30. The molecular weight excluding hydrogens is 162 g/mol. The monoisotopic (exact) mass is 181 g/mol. The van der Waals surface area contributed by atoms with Gasteiger partial charge in [-0.1, -0.05) is 20.8 Å². The molecule has 0 bridgehead atoms. The molecule has 3 heteroatoms. The second-order valence-electron chi connectivity index (χ2n) is 4.50. The average Bonchev–Trinajstić information content (AvgIpc) is 2.76. The number of fused-ring (bicyclic) bond motifs is 4. The maximum absolute atomic E-state index is 3.73. The van der Waals surface area contributed by atoms with Crippen molar-refractivity contribution in [1.82, 2.24) is 15.3 Å². The van der Waals surface area contributed by atoms with Gasteiger partial charge in [0, 0.05) is 6.04 Å². The van der Waals surface area contributed by atoms with Gasteiger partial charge >= 0.3 is 0 Å². The third-order valence-corrected chi connectivity index (χ3v) is 4.13. The molecule has 0 radical (unpaired) electrons. The smallest absolute Gasteiger partial charge is 0.105 e. The van der Waals surface area contributed by atoms with E-state index in [0.717, 1.165) is 18.2 Å². The van der Waals surface area contributed by atoms with Crippen LogP contribution in [-0.4, -0.2) is 33.9 Å². The molecule has 3 aliphatic rings. The number of hydrogen-bond acceptors (Lipinski definition) is 3. The minimum absolute atomic E-state index is 0.390. The summed E-state index contributed by atoms with van der Waals surface area (Å²) in [5.41, 5.74) is 0.390. The summed E-state index contributed by atoms with van der Waals surface area (Å²) in [6.07, 6.45) is 4.55. The first kappa shape index (κ1) is 8.21. The standard InChI is InChI=1S/C10H19N3/c1-4-7-9-10(6-3,11-7)13-8(5-2)12(9)13/h7-9,11H,4-6H2,1-3H3. The lowest BCUT2D eigenvalue weighted by molar-refractivity contribution is -0.183. The van der Waals surface area contributed by atoms with E-state index in [9.17, 15) is 0 Å². The first-order valence-corrected chi connectivity index (χ1v) is 5.65. The van der Waals surface area contributed by atoms with Gasteiger partial charge in [0.05, 0.1) is 12.2 Å². The van der Waals surface area contributed by atoms with Crippen molar-refractivity contribution in [2.24, 2.45) is 0 Å². The van der Waals surface area contributed by atoms with Crippen LogP contribution in [0.4, 0.5) is 0 Å². The number of hydrogen-bond donors (Lipinski definition) is 1. The van der Waals surface area contributed by atoms with Crippen molar-refractivity contribution < 1.29 is 0 Å². The molecule has 3 heterocycles. The fourth-order valence-electron chi connectivity index (χ4n) is 3.44. The van der Waals surface area contributed by atoms with E-state index in [4.69, 9.17) is 0 Å². The van der Waals surface area contributed by atoms with Crippen LogP contribution >= 0.6 is 0 Å². The van der Waals surface area contributed by atoms with E-state index in [-0.39, 0.29) is 0 Å². The Morgan fingerprint density at radius 1 is 1.23 bits per heavy atom. The Kier molecular flexibility index (Phi) is 1.43. The molecule has 0 aliphatic carbocycles. The van der Waals surface area contributed by atoms with Gasteiger partial charge in [-0.3, -0.25) is 5.32 Å². The normalized spacial score (nSPS) is 61.6. The van der Waals surface area contributed by atoms with Gasteiger partial charge in [0.25, 0.3) is 0 Å². The van der Waals surface area contributed by atoms with E-state index < -0.39 is 0 Å². The van der Waals surface area contributed by atoms with Gasteiger partial charge in [0.1, 0.15) is 5.66 Å². The van der Waals surface area contributed by atoms with Gasteiger partial charge in [-0.15, -0.1) is 0 Å². The highest BCUT2D eigenvalue weighted by molar-refractivity contribution is 5.27. The van der Waals surface area contributed by atoms with Crippen molar-refractivity contribution >= 4 is 0 Å². The van der Waals surface area contributed by atoms with Gasteiger partial charge in [-0.25, -0.2) is 5.01 Å². The van der Waals surface area contributed by atoms with Crippen LogP contribution in [0, 0.1) is 0 Å². The lowest BCUT2D eigenvalue weighted by Gasteiger charge is -2.63. The molecule has 3 nitrogen and oxygen atoms in total. The molecule has 0 aromatic rings. The lowest BCUT2D eigenvalue weighted by Crippen LogP contribution is -2.87. The maximum Gasteiger partial charge on any atom is 0.105 e. The van der Waals surface area contributed by atoms with Crippen LogP contribution in [0.5, 0.6) is 0 Å². The van der Waals surface area contributed by atoms with E-state index in [1.807, 2.05) is 0 Å². The van der Waals surface area contributed by atoms with Crippen molar-refractivity contribution in [3.8, 4) is 0 Å². The minimum atomic E-state index is 0.390. The molecule has 3 aliphatic heterocycles. The Bertz CT molecular complexity index is 240. The predicted molar refractivity (Wildman–Crippen MR) is 51.8 cm³/mol. The summed E-state index contributed by atoms with van der Waals surface area (Å²) >= 11 is 0. The molecular formula is C10H19N3. The van der Waals surface area contributed by atoms with Crippen LogP contribution in [0.1, 0.15) is 40.0 Å². The van der Waals surface area contributed by atoms with E-state index in [1.54, 1.807) is 0 Å². The zero-order valence-electron chi connectivity index (χ0n) is 8.75. The maximum atomic E-state index is 3.73. The molecule has 3 rings (SSSR count). The molecule has 6 atom stereocenters. The van der Waals surface area contributed by atoms with Crippen LogP contribution in [0.15, 0.2) is 0 Å². The second kappa shape index (κ2) is 2.27. The lowest BCUT2D eigenvalue weighted by atomic mass is 9.77. The molecule has 3 saturated heterocycles. The van der Waals surface area contributed by atoms with Crippen LogP contribution in [0.25, 0.3) is 0 Å². The Morgan fingerprint density at radius 3 is 2.54 bits per heavy atom. The fraction of sp³-hybridized carbons (Fsp3) is 1.00. The predicted octanol–water partition coefficient (Wildman–Crippen LogP) is 1.13. The van der Waals surface area contributed by atoms with Crippen molar-refractivity contribution in [2.75, 3.05) is 0 Å². The van der Waals surface area contributed by atoms with Crippen LogP contribution in [0.2, 0.25) is 0 Å². The molecule has 6 unspecified atom stereocenters. The molecule has 0 spiro atoms. The SMILES string of the molecule is CCC1NC2(CC)C1N1C(CC)N12. The third-order valence-electron chi connectivity index (χ3n) is 4.13. The van der Waals surface area contributed by atoms with Crippen LogP contribution in [-0.2, 0) is 0 Å².